The summed E-state index contributed by atoms with van der Waals surface area (Å²) in [6.07, 6.45) is 3.97. The summed E-state index contributed by atoms with van der Waals surface area (Å²) in [6.45, 7) is 0.724. The van der Waals surface area contributed by atoms with Crippen molar-refractivity contribution in [2.45, 2.75) is 24.2 Å². The number of sulfonamides is 1. The number of hydrogen-bond donors (Lipinski definition) is 1. The summed E-state index contributed by atoms with van der Waals surface area (Å²) in [5.74, 6) is -1.39. The number of halogens is 1. The maximum absolute atomic E-state index is 14.3. The van der Waals surface area contributed by atoms with E-state index in [1.807, 2.05) is 24.3 Å². The third-order valence-electron chi connectivity index (χ3n) is 4.97. The Kier molecular flexibility index (Phi) is 5.29. The van der Waals surface area contributed by atoms with Crippen LogP contribution < -0.4 is 5.32 Å². The molecule has 4 rings (SSSR count). The van der Waals surface area contributed by atoms with Crippen LogP contribution in [0.25, 0.3) is 10.9 Å². The Morgan fingerprint density at radius 2 is 1.79 bits per heavy atom. The van der Waals surface area contributed by atoms with Crippen molar-refractivity contribution >= 4 is 32.5 Å². The van der Waals surface area contributed by atoms with Gasteiger partial charge in [0.2, 0.25) is 10.0 Å². The number of carbonyl (C=O) groups excluding carboxylic acids is 1. The smallest absolute Gasteiger partial charge is 0.255 e. The van der Waals surface area contributed by atoms with Crippen molar-refractivity contribution in [1.29, 1.82) is 0 Å². The molecule has 1 aromatic heterocycles. The normalized spacial score (nSPS) is 15.3. The quantitative estimate of drug-likeness (QED) is 0.706. The number of anilines is 1. The van der Waals surface area contributed by atoms with Crippen LogP contribution in [-0.4, -0.2) is 36.7 Å². The predicted octanol–water partition coefficient (Wildman–Crippen LogP) is 3.80. The predicted molar refractivity (Wildman–Crippen MR) is 109 cm³/mol. The van der Waals surface area contributed by atoms with E-state index in [0.29, 0.717) is 18.8 Å². The van der Waals surface area contributed by atoms with E-state index >= 15 is 0 Å². The van der Waals surface area contributed by atoms with Gasteiger partial charge in [0, 0.05) is 24.0 Å². The van der Waals surface area contributed by atoms with Crippen LogP contribution in [0.15, 0.2) is 59.6 Å². The Hall–Kier alpha value is -2.84. The van der Waals surface area contributed by atoms with E-state index in [-0.39, 0.29) is 5.56 Å². The Morgan fingerprint density at radius 3 is 2.59 bits per heavy atom. The van der Waals surface area contributed by atoms with Gasteiger partial charge < -0.3 is 5.32 Å². The lowest BCUT2D eigenvalue weighted by atomic mass is 10.2. The van der Waals surface area contributed by atoms with Crippen LogP contribution in [-0.2, 0) is 10.0 Å². The minimum Gasteiger partial charge on any atom is -0.321 e. The summed E-state index contributed by atoms with van der Waals surface area (Å²) in [6, 6.07) is 12.6. The van der Waals surface area contributed by atoms with Gasteiger partial charge in [-0.15, -0.1) is 0 Å². The molecule has 0 saturated carbocycles. The van der Waals surface area contributed by atoms with Gasteiger partial charge in [0.25, 0.3) is 5.91 Å². The van der Waals surface area contributed by atoms with Crippen molar-refractivity contribution in [3.63, 3.8) is 0 Å². The molecule has 1 aliphatic rings. The molecule has 6 nitrogen and oxygen atoms in total. The van der Waals surface area contributed by atoms with Gasteiger partial charge in [-0.1, -0.05) is 24.6 Å². The van der Waals surface area contributed by atoms with E-state index in [9.17, 15) is 17.6 Å². The van der Waals surface area contributed by atoms with Gasteiger partial charge in [0.1, 0.15) is 10.7 Å². The Morgan fingerprint density at radius 1 is 1.03 bits per heavy atom. The summed E-state index contributed by atoms with van der Waals surface area (Å²) < 4.78 is 41.3. The standard InChI is InChI=1S/C21H20FN3O3S/c22-18-9-8-16(13-20(18)29(27,28)25-10-4-1-5-11-25)21(26)24-17-12-15-6-2-3-7-19(15)23-14-17/h2-3,6-9,12-14H,1,4-5,10-11H2,(H,24,26). The zero-order valence-electron chi connectivity index (χ0n) is 15.6. The van der Waals surface area contributed by atoms with Crippen LogP contribution >= 0.6 is 0 Å². The van der Waals surface area contributed by atoms with Gasteiger partial charge in [-0.2, -0.15) is 4.31 Å². The molecule has 2 heterocycles. The van der Waals surface area contributed by atoms with Crippen molar-refractivity contribution in [1.82, 2.24) is 9.29 Å². The topological polar surface area (TPSA) is 79.4 Å². The molecule has 0 unspecified atom stereocenters. The van der Waals surface area contributed by atoms with E-state index in [1.54, 1.807) is 6.07 Å². The average molecular weight is 413 g/mol. The minimum atomic E-state index is -3.98. The molecule has 1 amide bonds. The average Bonchev–Trinajstić information content (AvgIpc) is 2.74. The summed E-state index contributed by atoms with van der Waals surface area (Å²) in [5.41, 5.74) is 1.33. The lowest BCUT2D eigenvalue weighted by Crippen LogP contribution is -2.36. The molecule has 2 aromatic carbocycles. The maximum atomic E-state index is 14.3. The number of para-hydroxylation sites is 1. The van der Waals surface area contributed by atoms with Crippen molar-refractivity contribution in [2.24, 2.45) is 0 Å². The summed E-state index contributed by atoms with van der Waals surface area (Å²) in [7, 11) is -3.98. The zero-order valence-corrected chi connectivity index (χ0v) is 16.5. The third-order valence-corrected chi connectivity index (χ3v) is 6.89. The van der Waals surface area contributed by atoms with E-state index in [0.717, 1.165) is 42.3 Å². The molecule has 0 bridgehead atoms. The first kappa shape index (κ1) is 19.5. The largest absolute Gasteiger partial charge is 0.321 e. The Labute approximate surface area is 168 Å². The Bertz CT molecular complexity index is 1170. The fraction of sp³-hybridized carbons (Fsp3) is 0.238. The van der Waals surface area contributed by atoms with Gasteiger partial charge in [-0.3, -0.25) is 9.78 Å². The highest BCUT2D eigenvalue weighted by Gasteiger charge is 2.29. The maximum Gasteiger partial charge on any atom is 0.255 e. The molecule has 0 spiro atoms. The molecule has 0 aliphatic carbocycles. The van der Waals surface area contributed by atoms with Gasteiger partial charge >= 0.3 is 0 Å². The highest BCUT2D eigenvalue weighted by atomic mass is 32.2. The van der Waals surface area contributed by atoms with E-state index < -0.39 is 26.6 Å². The highest BCUT2D eigenvalue weighted by molar-refractivity contribution is 7.89. The van der Waals surface area contributed by atoms with E-state index in [4.69, 9.17) is 0 Å². The fourth-order valence-electron chi connectivity index (χ4n) is 3.43. The molecule has 150 valence electrons. The molecule has 1 fully saturated rings. The number of fused-ring (bicyclic) bond motifs is 1. The van der Waals surface area contributed by atoms with Crippen LogP contribution in [0.1, 0.15) is 29.6 Å². The van der Waals surface area contributed by atoms with Crippen molar-refractivity contribution < 1.29 is 17.6 Å². The number of hydrogen-bond acceptors (Lipinski definition) is 4. The number of carbonyl (C=O) groups is 1. The number of aromatic nitrogens is 1. The van der Waals surface area contributed by atoms with Crippen LogP contribution in [0, 0.1) is 5.82 Å². The molecule has 0 radical (unpaired) electrons. The second-order valence-corrected chi connectivity index (χ2v) is 8.89. The van der Waals surface area contributed by atoms with Crippen molar-refractivity contribution in [3.8, 4) is 0 Å². The van der Waals surface area contributed by atoms with Crippen molar-refractivity contribution in [3.05, 3.63) is 66.1 Å². The molecular weight excluding hydrogens is 393 g/mol. The number of piperidine rings is 1. The van der Waals surface area contributed by atoms with E-state index in [1.165, 1.54) is 16.6 Å². The molecule has 3 aromatic rings. The summed E-state index contributed by atoms with van der Waals surface area (Å²) in [5, 5.41) is 3.55. The number of benzene rings is 2. The van der Waals surface area contributed by atoms with Gasteiger partial charge in [-0.25, -0.2) is 12.8 Å². The fourth-order valence-corrected chi connectivity index (χ4v) is 5.04. The van der Waals surface area contributed by atoms with Crippen molar-refractivity contribution in [2.75, 3.05) is 18.4 Å². The Balaban J connectivity index is 1.61. The van der Waals surface area contributed by atoms with Crippen LogP contribution in [0.4, 0.5) is 10.1 Å². The van der Waals surface area contributed by atoms with Crippen LogP contribution in [0.2, 0.25) is 0 Å². The second-order valence-electron chi connectivity index (χ2n) is 6.98. The molecule has 1 N–H and O–H groups in total. The first-order valence-corrected chi connectivity index (χ1v) is 10.8. The summed E-state index contributed by atoms with van der Waals surface area (Å²) >= 11 is 0. The van der Waals surface area contributed by atoms with Gasteiger partial charge in [-0.05, 0) is 43.2 Å². The van der Waals surface area contributed by atoms with Crippen LogP contribution in [0.3, 0.4) is 0 Å². The number of amides is 1. The zero-order chi connectivity index (χ0) is 20.4. The lowest BCUT2D eigenvalue weighted by Gasteiger charge is -2.26. The first-order chi connectivity index (χ1) is 13.9. The number of rotatable bonds is 4. The van der Waals surface area contributed by atoms with Gasteiger partial charge in [0.15, 0.2) is 0 Å². The SMILES string of the molecule is O=C(Nc1cnc2ccccc2c1)c1ccc(F)c(S(=O)(=O)N2CCCCC2)c1. The molecule has 1 saturated heterocycles. The van der Waals surface area contributed by atoms with E-state index in [2.05, 4.69) is 10.3 Å². The first-order valence-electron chi connectivity index (χ1n) is 9.41. The molecule has 0 atom stereocenters. The monoisotopic (exact) mass is 413 g/mol. The molecule has 8 heteroatoms. The minimum absolute atomic E-state index is 0.0649. The summed E-state index contributed by atoms with van der Waals surface area (Å²) in [4.78, 5) is 16.5. The molecule has 1 aliphatic heterocycles. The number of nitrogens with zero attached hydrogens (tertiary/aromatic N) is 2. The molecule has 29 heavy (non-hydrogen) atoms. The highest BCUT2D eigenvalue weighted by Crippen LogP contribution is 2.24. The lowest BCUT2D eigenvalue weighted by molar-refractivity contribution is 0.102. The van der Waals surface area contributed by atoms with Gasteiger partial charge in [0.05, 0.1) is 17.4 Å². The van der Waals surface area contributed by atoms with Crippen LogP contribution in [0.5, 0.6) is 0 Å². The third kappa shape index (κ3) is 3.99. The second kappa shape index (κ2) is 7.88. The number of pyridine rings is 1. The molecular formula is C21H20FN3O3S. The number of nitrogens with one attached hydrogen (secondary N) is 1.